The van der Waals surface area contributed by atoms with Crippen molar-refractivity contribution in [2.45, 2.75) is 38.2 Å². The number of nitrogens with zero attached hydrogens (tertiary/aromatic N) is 2. The normalized spacial score (nSPS) is 20.0. The van der Waals surface area contributed by atoms with Crippen LogP contribution in [-0.4, -0.2) is 37.0 Å². The van der Waals surface area contributed by atoms with E-state index in [1.807, 2.05) is 12.1 Å². The zero-order chi connectivity index (χ0) is 20.4. The average molecular weight is 408 g/mol. The van der Waals surface area contributed by atoms with Crippen LogP contribution in [0.3, 0.4) is 0 Å². The largest absolute Gasteiger partial charge is 0.470 e. The first-order chi connectivity index (χ1) is 14.0. The summed E-state index contributed by atoms with van der Waals surface area (Å²) in [5.74, 6) is 0.471. The van der Waals surface area contributed by atoms with Gasteiger partial charge in [0.15, 0.2) is 11.9 Å². The fourth-order valence-electron chi connectivity index (χ4n) is 4.00. The molecule has 0 spiro atoms. The molecule has 5 nitrogen and oxygen atoms in total. The Morgan fingerprint density at radius 2 is 2.07 bits per heavy atom. The number of hydrogen-bond donors (Lipinski definition) is 1. The van der Waals surface area contributed by atoms with Crippen LogP contribution >= 0.6 is 11.3 Å². The number of likely N-dealkylation sites (tertiary alicyclic amines) is 1. The van der Waals surface area contributed by atoms with Crippen LogP contribution in [0.5, 0.6) is 0 Å². The molecule has 3 heterocycles. The molecule has 0 bridgehead atoms. The van der Waals surface area contributed by atoms with Crippen molar-refractivity contribution in [2.24, 2.45) is 0 Å². The maximum absolute atomic E-state index is 12.7. The molecule has 1 aromatic heterocycles. The first kappa shape index (κ1) is 19.7. The molecule has 1 N–H and O–H groups in total. The number of carbonyl (C=O) groups excluding carboxylic acids is 1. The van der Waals surface area contributed by atoms with E-state index in [9.17, 15) is 4.79 Å². The van der Waals surface area contributed by atoms with Crippen LogP contribution in [0, 0.1) is 18.3 Å². The predicted molar refractivity (Wildman–Crippen MR) is 116 cm³/mol. The third kappa shape index (κ3) is 4.21. The van der Waals surface area contributed by atoms with Crippen LogP contribution in [0.1, 0.15) is 36.3 Å². The second kappa shape index (κ2) is 8.40. The molecule has 1 aromatic carbocycles. The molecule has 0 saturated carbocycles. The van der Waals surface area contributed by atoms with Crippen molar-refractivity contribution in [3.63, 3.8) is 0 Å². The van der Waals surface area contributed by atoms with E-state index in [2.05, 4.69) is 47.1 Å². The molecular weight excluding hydrogens is 382 g/mol. The van der Waals surface area contributed by atoms with E-state index in [1.54, 1.807) is 17.4 Å². The summed E-state index contributed by atoms with van der Waals surface area (Å²) in [4.78, 5) is 15.1. The molecule has 2 aliphatic rings. The van der Waals surface area contributed by atoms with E-state index in [1.165, 1.54) is 11.1 Å². The molecule has 2 aliphatic heterocycles. The zero-order valence-electron chi connectivity index (χ0n) is 16.8. The van der Waals surface area contributed by atoms with Gasteiger partial charge in [0.1, 0.15) is 6.07 Å². The second-order valence-corrected chi connectivity index (χ2v) is 8.59. The maximum Gasteiger partial charge on any atom is 0.290 e. The van der Waals surface area contributed by atoms with E-state index in [4.69, 9.17) is 10.00 Å². The third-order valence-electron chi connectivity index (χ3n) is 5.78. The molecule has 0 aliphatic carbocycles. The van der Waals surface area contributed by atoms with Crippen LogP contribution < -0.4 is 5.32 Å². The van der Waals surface area contributed by atoms with E-state index in [0.717, 1.165) is 42.7 Å². The molecule has 1 unspecified atom stereocenters. The Kier molecular flexibility index (Phi) is 5.70. The van der Waals surface area contributed by atoms with Crippen LogP contribution in [0.2, 0.25) is 0 Å². The van der Waals surface area contributed by atoms with Crippen molar-refractivity contribution in [2.75, 3.05) is 25.5 Å². The number of benzene rings is 1. The minimum Gasteiger partial charge on any atom is -0.470 e. The Labute approximate surface area is 175 Å². The van der Waals surface area contributed by atoms with Gasteiger partial charge in [-0.15, -0.1) is 0 Å². The number of anilines is 1. The number of piperidine rings is 1. The lowest BCUT2D eigenvalue weighted by Crippen LogP contribution is -2.29. The number of carbonyl (C=O) groups is 1. The maximum atomic E-state index is 12.7. The number of nitrogens with one attached hydrogen (secondary N) is 1. The number of amides is 1. The Morgan fingerprint density at radius 3 is 2.72 bits per heavy atom. The molecule has 1 saturated heterocycles. The van der Waals surface area contributed by atoms with Crippen molar-refractivity contribution in [3.05, 3.63) is 51.9 Å². The minimum atomic E-state index is -0.568. The lowest BCUT2D eigenvalue weighted by atomic mass is 9.87. The van der Waals surface area contributed by atoms with Gasteiger partial charge in [0.25, 0.3) is 5.91 Å². The molecule has 0 radical (unpaired) electrons. The smallest absolute Gasteiger partial charge is 0.290 e. The predicted octanol–water partition coefficient (Wildman–Crippen LogP) is 4.67. The van der Waals surface area contributed by atoms with Gasteiger partial charge >= 0.3 is 0 Å². The van der Waals surface area contributed by atoms with E-state index < -0.39 is 6.10 Å². The van der Waals surface area contributed by atoms with Crippen molar-refractivity contribution < 1.29 is 9.53 Å². The van der Waals surface area contributed by atoms with Gasteiger partial charge in [0.2, 0.25) is 0 Å². The summed E-state index contributed by atoms with van der Waals surface area (Å²) < 4.78 is 5.41. The number of thiophene rings is 1. The molecule has 1 fully saturated rings. The van der Waals surface area contributed by atoms with Gasteiger partial charge in [0, 0.05) is 17.7 Å². The Morgan fingerprint density at radius 1 is 1.28 bits per heavy atom. The summed E-state index contributed by atoms with van der Waals surface area (Å²) >= 11 is 1.67. The number of aryl methyl sites for hydroxylation is 1. The fourth-order valence-corrected chi connectivity index (χ4v) is 4.85. The number of hydrogen-bond acceptors (Lipinski definition) is 5. The average Bonchev–Trinajstić information content (AvgIpc) is 3.38. The SMILES string of the molecule is Cc1cscc1-c1cc(C2CCN(C)CC2)ccc1NC(=O)C1=CCC(C#N)O1. The van der Waals surface area contributed by atoms with E-state index >= 15 is 0 Å². The van der Waals surface area contributed by atoms with Gasteiger partial charge in [-0.1, -0.05) is 6.07 Å². The van der Waals surface area contributed by atoms with Crippen molar-refractivity contribution >= 4 is 22.9 Å². The quantitative estimate of drug-likeness (QED) is 0.800. The molecule has 2 aromatic rings. The van der Waals surface area contributed by atoms with E-state index in [-0.39, 0.29) is 11.7 Å². The standard InChI is InChI=1S/C23H25N3O2S/c1-15-13-29-14-20(15)19-11-17(16-7-9-26(2)10-8-16)3-5-21(19)25-23(27)22-6-4-18(12-24)28-22/h3,5-6,11,13-14,16,18H,4,7-10H2,1-2H3,(H,25,27). The summed E-state index contributed by atoms with van der Waals surface area (Å²) in [6.07, 6.45) is 3.87. The lowest BCUT2D eigenvalue weighted by molar-refractivity contribution is -0.116. The summed E-state index contributed by atoms with van der Waals surface area (Å²) in [6, 6.07) is 8.43. The monoisotopic (exact) mass is 407 g/mol. The first-order valence-electron chi connectivity index (χ1n) is 9.98. The molecule has 150 valence electrons. The summed E-state index contributed by atoms with van der Waals surface area (Å²) in [6.45, 7) is 4.32. The van der Waals surface area contributed by atoms with Crippen molar-refractivity contribution in [1.29, 1.82) is 5.26 Å². The highest BCUT2D eigenvalue weighted by Gasteiger charge is 2.25. The number of rotatable bonds is 4. The van der Waals surface area contributed by atoms with Crippen molar-refractivity contribution in [1.82, 2.24) is 4.90 Å². The summed E-state index contributed by atoms with van der Waals surface area (Å²) in [7, 11) is 2.17. The third-order valence-corrected chi connectivity index (χ3v) is 6.64. The van der Waals surface area contributed by atoms with Crippen LogP contribution in [0.15, 0.2) is 40.8 Å². The van der Waals surface area contributed by atoms with Gasteiger partial charge < -0.3 is 15.0 Å². The molecule has 1 amide bonds. The Hall–Kier alpha value is -2.62. The van der Waals surface area contributed by atoms with Crippen LogP contribution in [0.4, 0.5) is 5.69 Å². The zero-order valence-corrected chi connectivity index (χ0v) is 17.6. The summed E-state index contributed by atoms with van der Waals surface area (Å²) in [5, 5.41) is 16.3. The topological polar surface area (TPSA) is 65.4 Å². The molecular formula is C23H25N3O2S. The fraction of sp³-hybridized carbons (Fsp3) is 0.391. The van der Waals surface area contributed by atoms with E-state index in [0.29, 0.717) is 12.3 Å². The van der Waals surface area contributed by atoms with Crippen LogP contribution in [-0.2, 0) is 9.53 Å². The molecule has 1 atom stereocenters. The molecule has 6 heteroatoms. The lowest BCUT2D eigenvalue weighted by Gasteiger charge is -2.29. The number of nitriles is 1. The minimum absolute atomic E-state index is 0.226. The highest BCUT2D eigenvalue weighted by Crippen LogP contribution is 2.37. The highest BCUT2D eigenvalue weighted by atomic mass is 32.1. The number of ether oxygens (including phenoxy) is 1. The van der Waals surface area contributed by atoms with Gasteiger partial charge in [0.05, 0.1) is 0 Å². The molecule has 4 rings (SSSR count). The highest BCUT2D eigenvalue weighted by molar-refractivity contribution is 7.08. The summed E-state index contributed by atoms with van der Waals surface area (Å²) in [5.41, 5.74) is 5.50. The van der Waals surface area contributed by atoms with Gasteiger partial charge in [-0.3, -0.25) is 4.79 Å². The Bertz CT molecular complexity index is 980. The second-order valence-electron chi connectivity index (χ2n) is 7.84. The van der Waals surface area contributed by atoms with Gasteiger partial charge in [-0.2, -0.15) is 16.6 Å². The van der Waals surface area contributed by atoms with Crippen molar-refractivity contribution in [3.8, 4) is 17.2 Å². The van der Waals surface area contributed by atoms with Gasteiger partial charge in [-0.25, -0.2) is 0 Å². The first-order valence-corrected chi connectivity index (χ1v) is 10.9. The molecule has 29 heavy (non-hydrogen) atoms. The van der Waals surface area contributed by atoms with Crippen LogP contribution in [0.25, 0.3) is 11.1 Å². The Balaban J connectivity index is 1.62. The van der Waals surface area contributed by atoms with Gasteiger partial charge in [-0.05, 0) is 91.5 Å².